The van der Waals surface area contributed by atoms with Crippen molar-refractivity contribution < 1.29 is 0 Å². The Balaban J connectivity index is 1.67. The highest BCUT2D eigenvalue weighted by Crippen LogP contribution is 2.26. The van der Waals surface area contributed by atoms with Crippen molar-refractivity contribution in [3.63, 3.8) is 0 Å². The lowest BCUT2D eigenvalue weighted by atomic mass is 10.0. The number of nitrogens with zero attached hydrogens (tertiary/aromatic N) is 4. The minimum Gasteiger partial charge on any atom is -0.370 e. The van der Waals surface area contributed by atoms with Crippen molar-refractivity contribution in [1.82, 2.24) is 15.0 Å². The Morgan fingerprint density at radius 1 is 0.885 bits per heavy atom. The quantitative estimate of drug-likeness (QED) is 0.543. The lowest BCUT2D eigenvalue weighted by molar-refractivity contribution is 0.923. The van der Waals surface area contributed by atoms with Crippen LogP contribution in [-0.4, -0.2) is 22.0 Å². The zero-order chi connectivity index (χ0) is 17.9. The molecule has 4 heteroatoms. The van der Waals surface area contributed by atoms with Crippen molar-refractivity contribution in [3.05, 3.63) is 84.3 Å². The molecule has 0 amide bonds. The first-order valence-corrected chi connectivity index (χ1v) is 8.64. The summed E-state index contributed by atoms with van der Waals surface area (Å²) in [6.07, 6.45) is 3.38. The molecule has 26 heavy (non-hydrogen) atoms. The number of anilines is 1. The van der Waals surface area contributed by atoms with Gasteiger partial charge in [0.1, 0.15) is 5.52 Å². The second-order valence-electron chi connectivity index (χ2n) is 6.41. The number of hydrogen-bond donors (Lipinski definition) is 0. The minimum absolute atomic E-state index is 0.689. The molecule has 0 aliphatic carbocycles. The predicted octanol–water partition coefficient (Wildman–Crippen LogP) is 4.64. The number of pyridine rings is 1. The molecule has 2 heterocycles. The molecule has 0 saturated carbocycles. The van der Waals surface area contributed by atoms with Crippen molar-refractivity contribution in [2.75, 3.05) is 11.9 Å². The maximum absolute atomic E-state index is 4.61. The summed E-state index contributed by atoms with van der Waals surface area (Å²) in [6.45, 7) is 2.87. The van der Waals surface area contributed by atoms with Crippen molar-refractivity contribution in [3.8, 4) is 11.1 Å². The molecule has 0 aliphatic rings. The summed E-state index contributed by atoms with van der Waals surface area (Å²) in [4.78, 5) is 15.5. The Kier molecular flexibility index (Phi) is 4.32. The van der Waals surface area contributed by atoms with Gasteiger partial charge in [-0.05, 0) is 42.3 Å². The van der Waals surface area contributed by atoms with Gasteiger partial charge < -0.3 is 4.90 Å². The van der Waals surface area contributed by atoms with Gasteiger partial charge in [-0.25, -0.2) is 9.97 Å². The highest BCUT2D eigenvalue weighted by Gasteiger charge is 2.09. The van der Waals surface area contributed by atoms with E-state index in [2.05, 4.69) is 81.5 Å². The minimum atomic E-state index is 0.689. The topological polar surface area (TPSA) is 41.9 Å². The van der Waals surface area contributed by atoms with Gasteiger partial charge in [-0.1, -0.05) is 36.4 Å². The van der Waals surface area contributed by atoms with Crippen molar-refractivity contribution >= 4 is 16.9 Å². The smallest absolute Gasteiger partial charge is 0.178 e. The van der Waals surface area contributed by atoms with Gasteiger partial charge in [-0.3, -0.25) is 4.98 Å². The average molecular weight is 340 g/mol. The number of rotatable bonds is 4. The van der Waals surface area contributed by atoms with E-state index >= 15 is 0 Å². The van der Waals surface area contributed by atoms with Gasteiger partial charge in [-0.15, -0.1) is 0 Å². The highest BCUT2D eigenvalue weighted by molar-refractivity contribution is 5.79. The molecule has 0 spiro atoms. The molecule has 4 aromatic rings. The van der Waals surface area contributed by atoms with Gasteiger partial charge in [-0.2, -0.15) is 0 Å². The van der Waals surface area contributed by atoms with Crippen molar-refractivity contribution in [2.45, 2.75) is 13.5 Å². The van der Waals surface area contributed by atoms with Crippen LogP contribution in [0, 0.1) is 6.92 Å². The fraction of sp³-hybridized carbons (Fsp3) is 0.136. The lowest BCUT2D eigenvalue weighted by Crippen LogP contribution is -2.16. The first kappa shape index (κ1) is 16.2. The summed E-state index contributed by atoms with van der Waals surface area (Å²) in [7, 11) is 2.11. The summed E-state index contributed by atoms with van der Waals surface area (Å²) < 4.78 is 0. The summed E-state index contributed by atoms with van der Waals surface area (Å²) in [5, 5.41) is 0. The first-order chi connectivity index (χ1) is 12.7. The monoisotopic (exact) mass is 340 g/mol. The largest absolute Gasteiger partial charge is 0.370 e. The molecule has 0 saturated heterocycles. The molecule has 4 nitrogen and oxygen atoms in total. The second kappa shape index (κ2) is 6.92. The van der Waals surface area contributed by atoms with Crippen molar-refractivity contribution in [1.29, 1.82) is 0 Å². The third-order valence-corrected chi connectivity index (χ3v) is 4.51. The Morgan fingerprint density at radius 2 is 1.69 bits per heavy atom. The van der Waals surface area contributed by atoms with Crippen LogP contribution in [0.15, 0.2) is 73.1 Å². The van der Waals surface area contributed by atoms with E-state index in [0.717, 1.165) is 28.9 Å². The normalized spacial score (nSPS) is 10.8. The lowest BCUT2D eigenvalue weighted by Gasteiger charge is -2.20. The van der Waals surface area contributed by atoms with Gasteiger partial charge >= 0.3 is 0 Å². The molecule has 2 aromatic carbocycles. The van der Waals surface area contributed by atoms with E-state index in [0.29, 0.717) is 5.65 Å². The van der Waals surface area contributed by atoms with E-state index < -0.39 is 0 Å². The molecule has 4 rings (SSSR count). The molecule has 2 aromatic heterocycles. The van der Waals surface area contributed by atoms with Gasteiger partial charge in [0.25, 0.3) is 0 Å². The van der Waals surface area contributed by atoms with Gasteiger partial charge in [0.05, 0.1) is 0 Å². The number of aryl methyl sites for hydroxylation is 1. The van der Waals surface area contributed by atoms with Crippen LogP contribution >= 0.6 is 0 Å². The first-order valence-electron chi connectivity index (χ1n) is 8.64. The molecular formula is C22H20N4. The second-order valence-corrected chi connectivity index (χ2v) is 6.41. The van der Waals surface area contributed by atoms with Gasteiger partial charge in [0.15, 0.2) is 5.65 Å². The number of benzene rings is 2. The van der Waals surface area contributed by atoms with Crippen LogP contribution in [0.4, 0.5) is 5.69 Å². The van der Waals surface area contributed by atoms with Crippen LogP contribution in [0.2, 0.25) is 0 Å². The van der Waals surface area contributed by atoms with Crippen LogP contribution in [-0.2, 0) is 6.54 Å². The Labute approximate surface area is 153 Å². The summed E-state index contributed by atoms with van der Waals surface area (Å²) >= 11 is 0. The highest BCUT2D eigenvalue weighted by atomic mass is 15.1. The third kappa shape index (κ3) is 3.26. The molecule has 0 bridgehead atoms. The van der Waals surface area contributed by atoms with E-state index in [1.54, 1.807) is 12.4 Å². The Hall–Kier alpha value is -3.27. The molecule has 128 valence electrons. The zero-order valence-corrected chi connectivity index (χ0v) is 14.9. The van der Waals surface area contributed by atoms with E-state index in [1.807, 2.05) is 13.0 Å². The fourth-order valence-electron chi connectivity index (χ4n) is 3.17. The van der Waals surface area contributed by atoms with Crippen LogP contribution in [0.3, 0.4) is 0 Å². The number of hydrogen-bond acceptors (Lipinski definition) is 4. The van der Waals surface area contributed by atoms with Crippen LogP contribution in [0.1, 0.15) is 11.3 Å². The number of fused-ring (bicyclic) bond motifs is 1. The molecule has 0 unspecified atom stereocenters. The molecule has 0 fully saturated rings. The standard InChI is InChI=1S/C22H20N4/c1-16-20(14-21-22(25-16)24-12-11-23-21)18-8-6-7-17(13-18)15-26(2)19-9-4-3-5-10-19/h3-14H,15H2,1-2H3. The Morgan fingerprint density at radius 3 is 2.54 bits per heavy atom. The van der Waals surface area contributed by atoms with E-state index in [9.17, 15) is 0 Å². The maximum Gasteiger partial charge on any atom is 0.178 e. The number of aromatic nitrogens is 3. The predicted molar refractivity (Wildman–Crippen MR) is 106 cm³/mol. The fourth-order valence-corrected chi connectivity index (χ4v) is 3.17. The van der Waals surface area contributed by atoms with Crippen LogP contribution in [0.5, 0.6) is 0 Å². The molecule has 0 aliphatic heterocycles. The molecular weight excluding hydrogens is 320 g/mol. The average Bonchev–Trinajstić information content (AvgIpc) is 2.68. The van der Waals surface area contributed by atoms with Crippen LogP contribution < -0.4 is 4.90 Å². The number of para-hydroxylation sites is 1. The molecule has 0 N–H and O–H groups in total. The SMILES string of the molecule is Cc1nc2nccnc2cc1-c1cccc(CN(C)c2ccccc2)c1. The van der Waals surface area contributed by atoms with Crippen molar-refractivity contribution in [2.24, 2.45) is 0 Å². The van der Waals surface area contributed by atoms with E-state index in [1.165, 1.54) is 11.3 Å². The third-order valence-electron chi connectivity index (χ3n) is 4.51. The van der Waals surface area contributed by atoms with Gasteiger partial charge in [0, 0.05) is 42.9 Å². The molecule has 0 radical (unpaired) electrons. The summed E-state index contributed by atoms with van der Waals surface area (Å²) in [6, 6.07) is 21.1. The van der Waals surface area contributed by atoms with Gasteiger partial charge in [0.2, 0.25) is 0 Å². The van der Waals surface area contributed by atoms with E-state index in [-0.39, 0.29) is 0 Å². The molecule has 0 atom stereocenters. The Bertz CT molecular complexity index is 1040. The van der Waals surface area contributed by atoms with Crippen LogP contribution in [0.25, 0.3) is 22.3 Å². The maximum atomic E-state index is 4.61. The summed E-state index contributed by atoms with van der Waals surface area (Å²) in [5.41, 5.74) is 7.19. The van der Waals surface area contributed by atoms with E-state index in [4.69, 9.17) is 0 Å². The summed E-state index contributed by atoms with van der Waals surface area (Å²) in [5.74, 6) is 0. The zero-order valence-electron chi connectivity index (χ0n) is 14.9.